The van der Waals surface area contributed by atoms with Crippen molar-refractivity contribution in [3.63, 3.8) is 0 Å². The summed E-state index contributed by atoms with van der Waals surface area (Å²) < 4.78 is 0. The van der Waals surface area contributed by atoms with Gasteiger partial charge in [0.05, 0.1) is 4.92 Å². The Kier molecular flexibility index (Phi) is 3.38. The molecule has 0 unspecified atom stereocenters. The van der Waals surface area contributed by atoms with Crippen molar-refractivity contribution in [2.45, 2.75) is 33.1 Å². The smallest absolute Gasteiger partial charge is 0.233 e. The van der Waals surface area contributed by atoms with Gasteiger partial charge in [0.1, 0.15) is 5.78 Å². The third kappa shape index (κ3) is 2.65. The molecule has 0 aromatic rings. The Morgan fingerprint density at radius 1 is 1.57 bits per heavy atom. The number of rotatable bonds is 2. The molecule has 14 heavy (non-hydrogen) atoms. The maximum atomic E-state index is 11.4. The van der Waals surface area contributed by atoms with Crippen LogP contribution in [0, 0.1) is 22.0 Å². The summed E-state index contributed by atoms with van der Waals surface area (Å²) in [6.07, 6.45) is 3.24. The summed E-state index contributed by atoms with van der Waals surface area (Å²) in [4.78, 5) is 21.2. The fraction of sp³-hybridized carbons (Fsp3) is 0.700. The topological polar surface area (TPSA) is 60.2 Å². The minimum atomic E-state index is -0.447. The maximum Gasteiger partial charge on any atom is 0.233 e. The third-order valence-electron chi connectivity index (χ3n) is 2.90. The number of Topliss-reactive ketones (excluding diaryl/α,β-unsaturated/α-hetero) is 1. The zero-order chi connectivity index (χ0) is 10.7. The largest absolute Gasteiger partial charge is 0.299 e. The SMILES string of the molecule is C/C(=C\[N+](=O)[O-])[C@@H]1CC[C@H](C)C(=O)C1. The van der Waals surface area contributed by atoms with Gasteiger partial charge >= 0.3 is 0 Å². The predicted octanol–water partition coefficient (Wildman–Crippen LogP) is 2.17. The van der Waals surface area contributed by atoms with Crippen LogP contribution in [0.5, 0.6) is 0 Å². The first kappa shape index (κ1) is 10.9. The quantitative estimate of drug-likeness (QED) is 0.503. The Labute approximate surface area is 83.1 Å². The third-order valence-corrected chi connectivity index (χ3v) is 2.90. The van der Waals surface area contributed by atoms with Crippen molar-refractivity contribution in [1.29, 1.82) is 0 Å². The number of allylic oxidation sites excluding steroid dienone is 1. The van der Waals surface area contributed by atoms with E-state index in [0.717, 1.165) is 24.6 Å². The van der Waals surface area contributed by atoms with Gasteiger partial charge in [-0.25, -0.2) is 0 Å². The highest BCUT2D eigenvalue weighted by Crippen LogP contribution is 2.30. The Balaban J connectivity index is 2.63. The van der Waals surface area contributed by atoms with E-state index in [1.165, 1.54) is 0 Å². The molecule has 1 aliphatic rings. The van der Waals surface area contributed by atoms with E-state index in [1.54, 1.807) is 6.92 Å². The molecule has 0 amide bonds. The summed E-state index contributed by atoms with van der Waals surface area (Å²) in [6, 6.07) is 0. The number of carbonyl (C=O) groups is 1. The molecule has 0 N–H and O–H groups in total. The van der Waals surface area contributed by atoms with Crippen LogP contribution in [0.2, 0.25) is 0 Å². The van der Waals surface area contributed by atoms with Crippen LogP contribution < -0.4 is 0 Å². The van der Waals surface area contributed by atoms with Crippen LogP contribution in [0.4, 0.5) is 0 Å². The summed E-state index contributed by atoms with van der Waals surface area (Å²) in [5.41, 5.74) is 0.718. The standard InChI is InChI=1S/C10H15NO3/c1-7-3-4-9(5-10(7)12)8(2)6-11(13)14/h6-7,9H,3-5H2,1-2H3/b8-6+/t7-,9+/m0/s1. The molecule has 2 atom stereocenters. The lowest BCUT2D eigenvalue weighted by Crippen LogP contribution is -2.23. The first-order valence-corrected chi connectivity index (χ1v) is 4.85. The molecule has 0 spiro atoms. The van der Waals surface area contributed by atoms with Gasteiger partial charge in [-0.1, -0.05) is 6.92 Å². The Bertz CT molecular complexity index is 283. The highest BCUT2D eigenvalue weighted by molar-refractivity contribution is 5.81. The van der Waals surface area contributed by atoms with E-state index >= 15 is 0 Å². The van der Waals surface area contributed by atoms with Crippen LogP contribution in [-0.4, -0.2) is 10.7 Å². The average Bonchev–Trinajstić information content (AvgIpc) is 2.08. The molecular weight excluding hydrogens is 182 g/mol. The van der Waals surface area contributed by atoms with Gasteiger partial charge in [-0.2, -0.15) is 0 Å². The minimum Gasteiger partial charge on any atom is -0.299 e. The number of carbonyl (C=O) groups excluding carboxylic acids is 1. The fourth-order valence-electron chi connectivity index (χ4n) is 1.82. The van der Waals surface area contributed by atoms with Gasteiger partial charge in [0.2, 0.25) is 6.20 Å². The van der Waals surface area contributed by atoms with Crippen molar-refractivity contribution in [3.8, 4) is 0 Å². The number of hydrogen-bond acceptors (Lipinski definition) is 3. The summed E-state index contributed by atoms with van der Waals surface area (Å²) in [6.45, 7) is 3.65. The summed E-state index contributed by atoms with van der Waals surface area (Å²) in [5, 5.41) is 10.2. The number of nitro groups is 1. The molecule has 4 nitrogen and oxygen atoms in total. The van der Waals surface area contributed by atoms with E-state index < -0.39 is 4.92 Å². The second kappa shape index (κ2) is 4.35. The zero-order valence-electron chi connectivity index (χ0n) is 8.53. The van der Waals surface area contributed by atoms with Crippen LogP contribution in [0.3, 0.4) is 0 Å². The first-order chi connectivity index (χ1) is 6.50. The number of hydrogen-bond donors (Lipinski definition) is 0. The molecule has 1 aliphatic carbocycles. The molecule has 0 bridgehead atoms. The molecule has 0 aromatic carbocycles. The molecular formula is C10H15NO3. The Morgan fingerprint density at radius 3 is 2.71 bits per heavy atom. The molecule has 0 radical (unpaired) electrons. The molecule has 1 fully saturated rings. The van der Waals surface area contributed by atoms with Crippen LogP contribution in [0.25, 0.3) is 0 Å². The zero-order valence-corrected chi connectivity index (χ0v) is 8.53. The molecule has 1 rings (SSSR count). The summed E-state index contributed by atoms with van der Waals surface area (Å²) >= 11 is 0. The van der Waals surface area contributed by atoms with E-state index in [-0.39, 0.29) is 17.6 Å². The van der Waals surface area contributed by atoms with Crippen molar-refractivity contribution in [2.24, 2.45) is 11.8 Å². The lowest BCUT2D eigenvalue weighted by Gasteiger charge is -2.24. The van der Waals surface area contributed by atoms with Gasteiger partial charge in [-0.15, -0.1) is 0 Å². The van der Waals surface area contributed by atoms with Gasteiger partial charge in [-0.05, 0) is 25.7 Å². The van der Waals surface area contributed by atoms with Crippen molar-refractivity contribution >= 4 is 5.78 Å². The molecule has 0 aromatic heterocycles. The Hall–Kier alpha value is -1.19. The summed E-state index contributed by atoms with van der Waals surface area (Å²) in [5.74, 6) is 0.455. The fourth-order valence-corrected chi connectivity index (χ4v) is 1.82. The molecule has 0 saturated heterocycles. The minimum absolute atomic E-state index is 0.0871. The molecule has 0 heterocycles. The highest BCUT2D eigenvalue weighted by Gasteiger charge is 2.27. The van der Waals surface area contributed by atoms with E-state index in [0.29, 0.717) is 6.42 Å². The molecule has 1 saturated carbocycles. The van der Waals surface area contributed by atoms with Gasteiger partial charge in [0.25, 0.3) is 0 Å². The maximum absolute atomic E-state index is 11.4. The highest BCUT2D eigenvalue weighted by atomic mass is 16.6. The van der Waals surface area contributed by atoms with Crippen molar-refractivity contribution < 1.29 is 9.72 Å². The van der Waals surface area contributed by atoms with Crippen LogP contribution >= 0.6 is 0 Å². The molecule has 4 heteroatoms. The molecule has 0 aliphatic heterocycles. The Morgan fingerprint density at radius 2 is 2.21 bits per heavy atom. The molecule has 78 valence electrons. The number of ketones is 1. The monoisotopic (exact) mass is 197 g/mol. The summed E-state index contributed by atoms with van der Waals surface area (Å²) in [7, 11) is 0. The lowest BCUT2D eigenvalue weighted by molar-refractivity contribution is -0.403. The second-order valence-electron chi connectivity index (χ2n) is 4.00. The van der Waals surface area contributed by atoms with Crippen molar-refractivity contribution in [1.82, 2.24) is 0 Å². The van der Waals surface area contributed by atoms with Crippen LogP contribution in [0.1, 0.15) is 33.1 Å². The van der Waals surface area contributed by atoms with Crippen molar-refractivity contribution in [3.05, 3.63) is 21.9 Å². The number of nitrogens with zero attached hydrogens (tertiary/aromatic N) is 1. The second-order valence-corrected chi connectivity index (χ2v) is 4.00. The van der Waals surface area contributed by atoms with E-state index in [4.69, 9.17) is 0 Å². The van der Waals surface area contributed by atoms with Gasteiger partial charge < -0.3 is 0 Å². The van der Waals surface area contributed by atoms with Crippen LogP contribution in [-0.2, 0) is 4.79 Å². The van der Waals surface area contributed by atoms with E-state index in [1.807, 2.05) is 6.92 Å². The predicted molar refractivity (Wildman–Crippen MR) is 52.3 cm³/mol. The van der Waals surface area contributed by atoms with Gasteiger partial charge in [-0.3, -0.25) is 14.9 Å². The van der Waals surface area contributed by atoms with E-state index in [2.05, 4.69) is 0 Å². The average molecular weight is 197 g/mol. The van der Waals surface area contributed by atoms with E-state index in [9.17, 15) is 14.9 Å². The van der Waals surface area contributed by atoms with Gasteiger partial charge in [0, 0.05) is 17.9 Å². The first-order valence-electron chi connectivity index (χ1n) is 4.85. The normalized spacial score (nSPS) is 29.0. The van der Waals surface area contributed by atoms with Gasteiger partial charge in [0.15, 0.2) is 0 Å². The van der Waals surface area contributed by atoms with Crippen LogP contribution in [0.15, 0.2) is 11.8 Å². The van der Waals surface area contributed by atoms with Crippen molar-refractivity contribution in [2.75, 3.05) is 0 Å². The lowest BCUT2D eigenvalue weighted by atomic mass is 9.79.